The first-order valence-corrected chi connectivity index (χ1v) is 31.7. The number of phenols is 2. The van der Waals surface area contributed by atoms with Crippen molar-refractivity contribution in [1.82, 2.24) is 9.78 Å². The third kappa shape index (κ3) is 15.1. The van der Waals surface area contributed by atoms with Gasteiger partial charge in [0.25, 0.3) is 61.8 Å². The quantitative estimate of drug-likeness (QED) is 0.00652. The number of non-ortho nitro benzene ring substituents is 1. The molecular weight excluding hydrogens is 1380 g/mol. The Morgan fingerprint density at radius 1 is 0.581 bits per heavy atom. The van der Waals surface area contributed by atoms with Crippen LogP contribution in [0.25, 0.3) is 27.2 Å². The van der Waals surface area contributed by atoms with Gasteiger partial charge in [-0.3, -0.25) is 42.8 Å². The topological polar surface area (TPSA) is 669 Å². The van der Waals surface area contributed by atoms with E-state index in [1.54, 1.807) is 6.92 Å². The minimum atomic E-state index is -5.47. The number of carbonyl (C=O) groups is 3. The number of aromatic amines is 1. The molecule has 0 saturated carbocycles. The number of aromatic carboxylic acids is 3. The van der Waals surface area contributed by atoms with E-state index in [2.05, 4.69) is 55.4 Å². The van der Waals surface area contributed by atoms with Crippen LogP contribution >= 0.6 is 12.0 Å². The van der Waals surface area contributed by atoms with Gasteiger partial charge in [0.15, 0.2) is 22.9 Å². The van der Waals surface area contributed by atoms with Gasteiger partial charge < -0.3 is 31.3 Å². The zero-order valence-electron chi connectivity index (χ0n) is 45.3. The number of carboxylic acid groups (broad SMARTS) is 3. The number of azo groups is 4. The van der Waals surface area contributed by atoms with Crippen LogP contribution in [0.5, 0.6) is 11.5 Å². The highest BCUT2D eigenvalue weighted by Gasteiger charge is 2.31. The van der Waals surface area contributed by atoms with E-state index in [1.807, 2.05) is 0 Å². The predicted molar refractivity (Wildman–Crippen MR) is 310 cm³/mol. The average molecular weight is 1410 g/mol. The number of benzene rings is 7. The van der Waals surface area contributed by atoms with Crippen molar-refractivity contribution in [3.8, 4) is 17.2 Å². The van der Waals surface area contributed by atoms with Gasteiger partial charge in [-0.1, -0.05) is 11.1 Å². The third-order valence-electron chi connectivity index (χ3n) is 12.0. The summed E-state index contributed by atoms with van der Waals surface area (Å²) in [7, 11) is -25.0. The lowest BCUT2D eigenvalue weighted by molar-refractivity contribution is -0.432. The Morgan fingerprint density at radius 2 is 1.11 bits per heavy atom. The van der Waals surface area contributed by atoms with Crippen LogP contribution < -0.4 is 11.3 Å². The van der Waals surface area contributed by atoms with Crippen LogP contribution in [0.15, 0.2) is 160 Å². The second-order valence-corrected chi connectivity index (χ2v) is 25.6. The van der Waals surface area contributed by atoms with Crippen molar-refractivity contribution < 1.29 is 124 Å². The molecule has 0 saturated heterocycles. The number of H-pyrrole nitrogens is 1. The fourth-order valence-corrected chi connectivity index (χ4v) is 12.1. The van der Waals surface area contributed by atoms with E-state index in [-0.39, 0.29) is 17.7 Å². The summed E-state index contributed by atoms with van der Waals surface area (Å²) >= 11 is 0.0109. The minimum absolute atomic E-state index is 0.0109. The van der Waals surface area contributed by atoms with E-state index in [0.717, 1.165) is 61.6 Å². The van der Waals surface area contributed by atoms with Crippen molar-refractivity contribution in [2.45, 2.75) is 36.3 Å². The molecule has 488 valence electrons. The van der Waals surface area contributed by atoms with Crippen LogP contribution in [0.1, 0.15) is 36.8 Å². The van der Waals surface area contributed by atoms with Crippen LogP contribution in [0.4, 0.5) is 51.2 Å². The van der Waals surface area contributed by atoms with Gasteiger partial charge in [-0.2, -0.15) is 52.3 Å². The van der Waals surface area contributed by atoms with E-state index in [1.165, 1.54) is 12.1 Å². The van der Waals surface area contributed by atoms with Gasteiger partial charge in [-0.05, 0) is 79.2 Å². The fraction of sp³-hybridized carbons (Fsp3) is 0.0435. The summed E-state index contributed by atoms with van der Waals surface area (Å²) in [5.41, 5.74) is -3.29. The number of aromatic nitrogens is 2. The molecule has 0 radical (unpaired) electrons. The second kappa shape index (κ2) is 26.4. The maximum Gasteiger partial charge on any atom is 0.356 e. The molecule has 0 aliphatic rings. The molecule has 0 aliphatic carbocycles. The molecule has 1 heterocycles. The summed E-state index contributed by atoms with van der Waals surface area (Å²) in [6.45, 7) is 1.54. The average Bonchev–Trinajstić information content (AvgIpc) is 1.51. The number of carboxylic acids is 3. The monoisotopic (exact) mass is 1410 g/mol. The van der Waals surface area contributed by atoms with E-state index in [0.29, 0.717) is 28.4 Å². The van der Waals surface area contributed by atoms with Gasteiger partial charge in [0.05, 0.1) is 49.7 Å². The number of nitrogens with two attached hydrogens (primary N) is 1. The number of anilines is 1. The Morgan fingerprint density at radius 3 is 1.62 bits per heavy atom. The lowest BCUT2D eigenvalue weighted by Gasteiger charge is -2.15. The smallest absolute Gasteiger partial charge is 0.356 e. The number of rotatable bonds is 20. The number of hydrogen-bond donors (Lipinski definition) is 13. The first-order valence-electron chi connectivity index (χ1n) is 23.7. The van der Waals surface area contributed by atoms with E-state index >= 15 is 0 Å². The van der Waals surface area contributed by atoms with Gasteiger partial charge in [-0.25, -0.2) is 24.3 Å². The Kier molecular flexibility index (Phi) is 19.8. The summed E-state index contributed by atoms with van der Waals surface area (Å²) in [5, 5.41) is 102. The van der Waals surface area contributed by atoms with Gasteiger partial charge in [-0.15, -0.1) is 35.0 Å². The molecule has 93 heavy (non-hydrogen) atoms. The SMILES string of the molecule is CN=Nc1c(S(=O)(=O)O)cc2c(S(=O)(=O)O)c(N=Nc3cc(S(=O)(=O)O)c4cc(SOOO)c(N=Nc5ccc([N+](=O)[O-])cc5S(=O)(=O)O)c(O)c4c3N)ccc2c1O.Cc1ccc(N=Nc2c(C(=O)O)[nH]n(-c3cc(C(=O)O)cc(C(=O)O)c3)c2=O)c(S(=O)(=O)O)c1. The van der Waals surface area contributed by atoms with Crippen molar-refractivity contribution in [2.24, 2.45) is 40.9 Å². The summed E-state index contributed by atoms with van der Waals surface area (Å²) in [5.74, 6) is -6.86. The number of nitrogens with zero attached hydrogens (tertiary/aromatic N) is 10. The molecule has 0 spiro atoms. The minimum Gasteiger partial charge on any atom is -0.505 e. The lowest BCUT2D eigenvalue weighted by atomic mass is 10.0. The number of hydrogen-bond acceptors (Lipinski definition) is 31. The molecule has 8 rings (SSSR count). The van der Waals surface area contributed by atoms with Crippen LogP contribution in [-0.2, 0) is 60.0 Å². The van der Waals surface area contributed by atoms with E-state index in [9.17, 15) is 120 Å². The van der Waals surface area contributed by atoms with Crippen molar-refractivity contribution in [1.29, 1.82) is 0 Å². The van der Waals surface area contributed by atoms with Gasteiger partial charge >= 0.3 is 17.9 Å². The molecule has 14 N–H and O–H groups in total. The van der Waals surface area contributed by atoms with E-state index in [4.69, 9.17) is 11.0 Å². The molecule has 1 aromatic heterocycles. The first kappa shape index (κ1) is 69.9. The fourth-order valence-electron chi connectivity index (χ4n) is 8.11. The summed E-state index contributed by atoms with van der Waals surface area (Å²) < 4.78 is 176. The molecule has 0 atom stereocenters. The third-order valence-corrected chi connectivity index (χ3v) is 17.1. The summed E-state index contributed by atoms with van der Waals surface area (Å²) in [4.78, 5) is 51.6. The number of nitrogen functional groups attached to an aromatic ring is 1. The molecule has 7 aromatic carbocycles. The molecule has 0 fully saturated rings. The summed E-state index contributed by atoms with van der Waals surface area (Å²) in [6, 6.07) is 11.9. The number of nitro benzene ring substituents is 1. The molecule has 0 aliphatic heterocycles. The molecule has 0 bridgehead atoms. The molecule has 8 aromatic rings. The number of nitrogens with one attached hydrogen (secondary N) is 1. The number of nitro groups is 1. The highest BCUT2D eigenvalue weighted by atomic mass is 32.2. The Bertz CT molecular complexity index is 5310. The maximum atomic E-state index is 12.9. The van der Waals surface area contributed by atoms with Crippen molar-refractivity contribution in [3.63, 3.8) is 0 Å². The molecular formula is C46H34N12O29S6. The van der Waals surface area contributed by atoms with Crippen LogP contribution in [-0.4, -0.2) is 135 Å². The molecule has 47 heteroatoms. The highest BCUT2D eigenvalue weighted by molar-refractivity contribution is 7.94. The molecule has 0 amide bonds. The maximum absolute atomic E-state index is 12.9. The summed E-state index contributed by atoms with van der Waals surface area (Å²) in [6.07, 6.45) is 0. The normalized spacial score (nSPS) is 12.6. The van der Waals surface area contributed by atoms with Gasteiger partial charge in [0, 0.05) is 35.3 Å². The molecule has 41 nitrogen and oxygen atoms in total. The first-order chi connectivity index (χ1) is 43.1. The zero-order valence-corrected chi connectivity index (χ0v) is 50.2. The number of phenolic OH excluding ortho intramolecular Hbond substituents is 2. The van der Waals surface area contributed by atoms with E-state index < -0.39 is 209 Å². The number of aryl methyl sites for hydroxylation is 1. The highest BCUT2D eigenvalue weighted by Crippen LogP contribution is 2.51. The van der Waals surface area contributed by atoms with Crippen molar-refractivity contribution >= 4 is 153 Å². The lowest BCUT2D eigenvalue weighted by Crippen LogP contribution is -2.16. The number of aromatic hydroxyl groups is 2. The Labute approximate surface area is 519 Å². The predicted octanol–water partition coefficient (Wildman–Crippen LogP) is 8.08. The largest absolute Gasteiger partial charge is 0.505 e. The van der Waals surface area contributed by atoms with Gasteiger partial charge in [0.2, 0.25) is 0 Å². The second-order valence-electron chi connectivity index (χ2n) is 17.9. The van der Waals surface area contributed by atoms with Crippen molar-refractivity contribution in [2.75, 3.05) is 12.8 Å². The standard InChI is InChI=1S/C27H20N8O19S5.C19H14N4O10S/c1-29-33-24-20(58(47,48)49)8-12-11(25(24)36)3-5-15(27(12)59(50,51)52)31-32-16-9-18(56(41,42)43)13-7-17(55-54-53-40)23(26(37)21(13)22(16)28)34-30-14-4-2-10(35(38)39)6-19(14)57(44,45)46;1-8-2-3-12(13(4-8)34(31,32)33)20-21-14-15(19(29)30)22-23(16(14)24)11-6-9(17(25)26)5-10(7-11)18(27)28/h2-9,36-37,40H,28H2,1H3,(H,41,42,43)(H,44,45,46)(H,47,48,49)(H,50,51,52);2-7,22H,1H3,(H,25,26)(H,27,28)(H,29,30)(H,31,32,33). The van der Waals surface area contributed by atoms with Crippen LogP contribution in [0, 0.1) is 17.0 Å². The Hall–Kier alpha value is -10.5. The van der Waals surface area contributed by atoms with Crippen LogP contribution in [0.3, 0.4) is 0 Å². The van der Waals surface area contributed by atoms with Crippen LogP contribution in [0.2, 0.25) is 0 Å². The van der Waals surface area contributed by atoms with Gasteiger partial charge in [0.1, 0.15) is 58.6 Å². The zero-order chi connectivity index (χ0) is 69.4. The number of fused-ring (bicyclic) bond motifs is 2. The molecule has 0 unspecified atom stereocenters. The van der Waals surface area contributed by atoms with Crippen molar-refractivity contribution in [3.05, 3.63) is 128 Å². The Balaban J connectivity index is 0.000000305.